The van der Waals surface area contributed by atoms with Crippen LogP contribution in [0.1, 0.15) is 18.1 Å². The molecule has 21 heavy (non-hydrogen) atoms. The second-order valence-corrected chi connectivity index (χ2v) is 5.09. The van der Waals surface area contributed by atoms with Crippen LogP contribution in [-0.4, -0.2) is 11.7 Å². The van der Waals surface area contributed by atoms with Crippen LogP contribution in [0.2, 0.25) is 5.02 Å². The van der Waals surface area contributed by atoms with Crippen molar-refractivity contribution >= 4 is 17.3 Å². The predicted octanol–water partition coefficient (Wildman–Crippen LogP) is 4.14. The van der Waals surface area contributed by atoms with Crippen molar-refractivity contribution < 1.29 is 13.9 Å². The van der Waals surface area contributed by atoms with Gasteiger partial charge >= 0.3 is 0 Å². The number of rotatable bonds is 5. The van der Waals surface area contributed by atoms with E-state index >= 15 is 0 Å². The summed E-state index contributed by atoms with van der Waals surface area (Å²) in [6, 6.07) is 8.86. The summed E-state index contributed by atoms with van der Waals surface area (Å²) in [4.78, 5) is 1.92. The molecule has 2 aromatic carbocycles. The molecule has 2 aromatic rings. The lowest BCUT2D eigenvalue weighted by Gasteiger charge is -2.24. The number of benzene rings is 2. The first-order chi connectivity index (χ1) is 10.0. The van der Waals surface area contributed by atoms with Crippen LogP contribution in [0.25, 0.3) is 0 Å². The molecule has 5 heteroatoms. The normalized spacial score (nSPS) is 10.7. The molecule has 1 N–H and O–H groups in total. The number of nitrogens with zero attached hydrogens (tertiary/aromatic N) is 1. The highest BCUT2D eigenvalue weighted by Crippen LogP contribution is 2.25. The Labute approximate surface area is 127 Å². The number of aliphatic hydroxyl groups is 1. The van der Waals surface area contributed by atoms with E-state index in [0.717, 1.165) is 11.8 Å². The number of aliphatic hydroxyl groups excluding tert-OH is 1. The van der Waals surface area contributed by atoms with Crippen molar-refractivity contribution in [2.24, 2.45) is 0 Å². The van der Waals surface area contributed by atoms with E-state index in [1.165, 1.54) is 12.1 Å². The van der Waals surface area contributed by atoms with Gasteiger partial charge in [0.1, 0.15) is 11.6 Å². The number of hydrogen-bond acceptors (Lipinski definition) is 2. The molecular weight excluding hydrogens is 296 g/mol. The van der Waals surface area contributed by atoms with Gasteiger partial charge in [0.25, 0.3) is 0 Å². The Morgan fingerprint density at radius 1 is 1.10 bits per heavy atom. The summed E-state index contributed by atoms with van der Waals surface area (Å²) in [5.74, 6) is -1.15. The molecule has 0 atom stereocenters. The highest BCUT2D eigenvalue weighted by Gasteiger charge is 2.11. The van der Waals surface area contributed by atoms with Gasteiger partial charge in [-0.3, -0.25) is 0 Å². The van der Waals surface area contributed by atoms with E-state index in [2.05, 4.69) is 0 Å². The molecule has 0 saturated heterocycles. The summed E-state index contributed by atoms with van der Waals surface area (Å²) in [5.41, 5.74) is 1.88. The molecule has 0 bridgehead atoms. The van der Waals surface area contributed by atoms with Gasteiger partial charge in [-0.2, -0.15) is 0 Å². The first-order valence-electron chi connectivity index (χ1n) is 6.63. The van der Waals surface area contributed by atoms with Gasteiger partial charge in [-0.05, 0) is 30.7 Å². The van der Waals surface area contributed by atoms with E-state index in [1.807, 2.05) is 17.9 Å². The molecule has 0 saturated carbocycles. The molecule has 0 unspecified atom stereocenters. The largest absolute Gasteiger partial charge is 0.392 e. The SMILES string of the molecule is CCN(Cc1ccc(F)cc1F)c1ccc(CO)c(Cl)c1. The summed E-state index contributed by atoms with van der Waals surface area (Å²) in [6.45, 7) is 2.77. The standard InChI is InChI=1S/C16H16ClF2NO/c1-2-20(9-11-3-5-13(18)7-16(11)19)14-6-4-12(10-21)15(17)8-14/h3-8,21H,2,9-10H2,1H3. The minimum Gasteiger partial charge on any atom is -0.392 e. The maximum absolute atomic E-state index is 13.7. The fourth-order valence-electron chi connectivity index (χ4n) is 2.10. The molecule has 112 valence electrons. The monoisotopic (exact) mass is 311 g/mol. The molecule has 0 aromatic heterocycles. The minimum atomic E-state index is -0.588. The Morgan fingerprint density at radius 3 is 2.38 bits per heavy atom. The predicted molar refractivity (Wildman–Crippen MR) is 80.5 cm³/mol. The second kappa shape index (κ2) is 6.87. The summed E-state index contributed by atoms with van der Waals surface area (Å²) in [5, 5.41) is 9.59. The molecule has 2 nitrogen and oxygen atoms in total. The summed E-state index contributed by atoms with van der Waals surface area (Å²) in [6.07, 6.45) is 0. The minimum absolute atomic E-state index is 0.127. The molecule has 0 heterocycles. The fourth-order valence-corrected chi connectivity index (χ4v) is 2.34. The average molecular weight is 312 g/mol. The molecule has 0 spiro atoms. The van der Waals surface area contributed by atoms with Gasteiger partial charge < -0.3 is 10.0 Å². The molecule has 0 aliphatic carbocycles. The Balaban J connectivity index is 2.25. The number of halogens is 3. The van der Waals surface area contributed by atoms with Crippen molar-refractivity contribution in [3.05, 3.63) is 64.2 Å². The van der Waals surface area contributed by atoms with E-state index in [-0.39, 0.29) is 6.61 Å². The lowest BCUT2D eigenvalue weighted by Crippen LogP contribution is -2.22. The van der Waals surface area contributed by atoms with Crippen LogP contribution in [0.4, 0.5) is 14.5 Å². The number of anilines is 1. The van der Waals surface area contributed by atoms with E-state index in [0.29, 0.717) is 29.2 Å². The topological polar surface area (TPSA) is 23.5 Å². The van der Waals surface area contributed by atoms with Crippen molar-refractivity contribution in [3.63, 3.8) is 0 Å². The molecule has 0 radical (unpaired) electrons. The van der Waals surface area contributed by atoms with Gasteiger partial charge in [-0.1, -0.05) is 23.7 Å². The smallest absolute Gasteiger partial charge is 0.131 e. The maximum Gasteiger partial charge on any atom is 0.131 e. The Morgan fingerprint density at radius 2 is 1.81 bits per heavy atom. The molecular formula is C16H16ClF2NO. The van der Waals surface area contributed by atoms with E-state index in [1.54, 1.807) is 12.1 Å². The van der Waals surface area contributed by atoms with Crippen LogP contribution < -0.4 is 4.90 Å². The van der Waals surface area contributed by atoms with Crippen LogP contribution in [0, 0.1) is 11.6 Å². The Hall–Kier alpha value is -1.65. The number of hydrogen-bond donors (Lipinski definition) is 1. The lowest BCUT2D eigenvalue weighted by atomic mass is 10.1. The van der Waals surface area contributed by atoms with E-state index < -0.39 is 11.6 Å². The molecule has 2 rings (SSSR count). The maximum atomic E-state index is 13.7. The van der Waals surface area contributed by atoms with Crippen molar-refractivity contribution in [2.45, 2.75) is 20.1 Å². The van der Waals surface area contributed by atoms with Crippen molar-refractivity contribution in [1.82, 2.24) is 0 Å². The fraction of sp³-hybridized carbons (Fsp3) is 0.250. The van der Waals surface area contributed by atoms with E-state index in [9.17, 15) is 8.78 Å². The Kier molecular flexibility index (Phi) is 5.15. The van der Waals surface area contributed by atoms with Gasteiger partial charge in [0.2, 0.25) is 0 Å². The zero-order valence-electron chi connectivity index (χ0n) is 11.6. The highest BCUT2D eigenvalue weighted by molar-refractivity contribution is 6.31. The van der Waals surface area contributed by atoms with Gasteiger partial charge in [0, 0.05) is 35.4 Å². The lowest BCUT2D eigenvalue weighted by molar-refractivity contribution is 0.282. The molecule has 0 fully saturated rings. The molecule has 0 aliphatic rings. The molecule has 0 amide bonds. The van der Waals surface area contributed by atoms with Crippen LogP contribution in [0.3, 0.4) is 0 Å². The third-order valence-corrected chi connectivity index (χ3v) is 3.68. The van der Waals surface area contributed by atoms with Crippen molar-refractivity contribution in [1.29, 1.82) is 0 Å². The van der Waals surface area contributed by atoms with Crippen LogP contribution in [0.15, 0.2) is 36.4 Å². The van der Waals surface area contributed by atoms with Crippen LogP contribution in [-0.2, 0) is 13.2 Å². The van der Waals surface area contributed by atoms with Crippen LogP contribution in [0.5, 0.6) is 0 Å². The van der Waals surface area contributed by atoms with Gasteiger partial charge in [-0.25, -0.2) is 8.78 Å². The van der Waals surface area contributed by atoms with Crippen LogP contribution >= 0.6 is 11.6 Å². The zero-order chi connectivity index (χ0) is 15.4. The zero-order valence-corrected chi connectivity index (χ0v) is 12.4. The third kappa shape index (κ3) is 3.71. The summed E-state index contributed by atoms with van der Waals surface area (Å²) < 4.78 is 26.7. The van der Waals surface area contributed by atoms with Crippen molar-refractivity contribution in [2.75, 3.05) is 11.4 Å². The highest BCUT2D eigenvalue weighted by atomic mass is 35.5. The van der Waals surface area contributed by atoms with Crippen molar-refractivity contribution in [3.8, 4) is 0 Å². The average Bonchev–Trinajstić information content (AvgIpc) is 2.46. The van der Waals surface area contributed by atoms with Gasteiger partial charge in [-0.15, -0.1) is 0 Å². The Bertz CT molecular complexity index is 634. The first-order valence-corrected chi connectivity index (χ1v) is 7.01. The third-order valence-electron chi connectivity index (χ3n) is 3.33. The van der Waals surface area contributed by atoms with Gasteiger partial charge in [0.15, 0.2) is 0 Å². The van der Waals surface area contributed by atoms with Gasteiger partial charge in [0.05, 0.1) is 6.61 Å². The first kappa shape index (κ1) is 15.7. The second-order valence-electron chi connectivity index (χ2n) is 4.68. The summed E-state index contributed by atoms with van der Waals surface area (Å²) >= 11 is 6.08. The quantitative estimate of drug-likeness (QED) is 0.897. The molecule has 0 aliphatic heterocycles. The summed E-state index contributed by atoms with van der Waals surface area (Å²) in [7, 11) is 0. The van der Waals surface area contributed by atoms with E-state index in [4.69, 9.17) is 16.7 Å².